The molecule has 0 saturated heterocycles. The lowest BCUT2D eigenvalue weighted by molar-refractivity contribution is 0.632. The van der Waals surface area contributed by atoms with Gasteiger partial charge in [0.25, 0.3) is 0 Å². The lowest BCUT2D eigenvalue weighted by atomic mass is 9.73. The number of anilines is 6. The number of nitrogens with zero attached hydrogens (tertiary/aromatic N) is 2. The summed E-state index contributed by atoms with van der Waals surface area (Å²) in [5.41, 5.74) is 16.9. The van der Waals surface area contributed by atoms with E-state index in [0.29, 0.717) is 0 Å². The van der Waals surface area contributed by atoms with E-state index >= 15 is 0 Å². The smallest absolute Gasteiger partial charge is 0.0502 e. The number of fused-ring (bicyclic) bond motifs is 12. The van der Waals surface area contributed by atoms with Gasteiger partial charge >= 0.3 is 0 Å². The third-order valence-electron chi connectivity index (χ3n) is 16.9. The number of para-hydroxylation sites is 4. The van der Waals surface area contributed by atoms with Crippen molar-refractivity contribution < 1.29 is 0 Å². The summed E-state index contributed by atoms with van der Waals surface area (Å²) in [5, 5.41) is 14.8. The van der Waals surface area contributed by atoms with Crippen LogP contribution in [0.5, 0.6) is 0 Å². The van der Waals surface area contributed by atoms with Crippen LogP contribution in [0.25, 0.3) is 86.9 Å². The molecule has 0 fully saturated rings. The average molecular weight is 945 g/mol. The molecule has 0 unspecified atom stereocenters. The molecule has 350 valence electrons. The van der Waals surface area contributed by atoms with Gasteiger partial charge in [0, 0.05) is 22.2 Å². The number of hydrogen-bond donors (Lipinski definition) is 0. The van der Waals surface area contributed by atoms with E-state index in [0.717, 1.165) is 11.4 Å². The minimum Gasteiger partial charge on any atom is -0.310 e. The summed E-state index contributed by atoms with van der Waals surface area (Å²) in [4.78, 5) is 5.03. The van der Waals surface area contributed by atoms with E-state index in [9.17, 15) is 0 Å². The molecule has 2 heterocycles. The normalized spacial score (nSPS) is 14.4. The van der Waals surface area contributed by atoms with Crippen LogP contribution in [0.15, 0.2) is 243 Å². The molecule has 0 aromatic heterocycles. The Labute approximate surface area is 432 Å². The van der Waals surface area contributed by atoms with Gasteiger partial charge in [0.15, 0.2) is 0 Å². The van der Waals surface area contributed by atoms with Crippen LogP contribution in [0.2, 0.25) is 0 Å². The van der Waals surface area contributed by atoms with Crippen LogP contribution >= 0.6 is 0 Å². The highest BCUT2D eigenvalue weighted by Gasteiger charge is 2.38. The fourth-order valence-electron chi connectivity index (χ4n) is 13.5. The molecule has 2 aliphatic rings. The zero-order valence-electron chi connectivity index (χ0n) is 42.0. The molecule has 2 nitrogen and oxygen atoms in total. The van der Waals surface area contributed by atoms with Gasteiger partial charge in [-0.1, -0.05) is 210 Å². The number of rotatable bonds is 4. The summed E-state index contributed by atoms with van der Waals surface area (Å²) in [5.74, 6) is 0. The first-order valence-corrected chi connectivity index (χ1v) is 26.1. The lowest BCUT2D eigenvalue weighted by Crippen LogP contribution is -2.30. The van der Waals surface area contributed by atoms with Crippen LogP contribution in [-0.4, -0.2) is 0 Å². The summed E-state index contributed by atoms with van der Waals surface area (Å²) in [6, 6.07) is 91.6. The molecule has 15 rings (SSSR count). The van der Waals surface area contributed by atoms with E-state index in [1.54, 1.807) is 0 Å². The highest BCUT2D eigenvalue weighted by atomic mass is 15.2. The van der Waals surface area contributed by atoms with Crippen molar-refractivity contribution in [1.29, 1.82) is 0 Å². The van der Waals surface area contributed by atoms with Crippen LogP contribution in [0.1, 0.15) is 49.9 Å². The van der Waals surface area contributed by atoms with Crippen molar-refractivity contribution >= 4 is 98.8 Å². The summed E-state index contributed by atoms with van der Waals surface area (Å²) < 4.78 is 0. The van der Waals surface area contributed by atoms with Crippen molar-refractivity contribution in [2.75, 3.05) is 9.80 Å². The largest absolute Gasteiger partial charge is 0.310 e. The van der Waals surface area contributed by atoms with Crippen molar-refractivity contribution in [3.05, 3.63) is 265 Å². The molecular formula is C72H52N2. The first-order valence-electron chi connectivity index (χ1n) is 26.1. The summed E-state index contributed by atoms with van der Waals surface area (Å²) >= 11 is 0. The molecule has 13 aromatic carbocycles. The topological polar surface area (TPSA) is 6.48 Å². The maximum atomic E-state index is 2.52. The summed E-state index contributed by atoms with van der Waals surface area (Å²) in [6.45, 7) is 9.48. The van der Waals surface area contributed by atoms with Crippen LogP contribution in [-0.2, 0) is 10.8 Å². The van der Waals surface area contributed by atoms with Gasteiger partial charge in [-0.25, -0.2) is 0 Å². The van der Waals surface area contributed by atoms with E-state index in [-0.39, 0.29) is 10.8 Å². The van der Waals surface area contributed by atoms with Crippen molar-refractivity contribution in [3.8, 4) is 22.3 Å². The minimum absolute atomic E-state index is 0.181. The van der Waals surface area contributed by atoms with Gasteiger partial charge in [0.05, 0.1) is 22.7 Å². The summed E-state index contributed by atoms with van der Waals surface area (Å²) in [6.07, 6.45) is 0. The molecule has 0 amide bonds. The van der Waals surface area contributed by atoms with E-state index in [1.807, 2.05) is 0 Å². The van der Waals surface area contributed by atoms with Gasteiger partial charge in [0.2, 0.25) is 0 Å². The van der Waals surface area contributed by atoms with E-state index in [4.69, 9.17) is 0 Å². The Balaban J connectivity index is 1.13. The maximum absolute atomic E-state index is 2.52. The average Bonchev–Trinajstić information content (AvgIpc) is 3.45. The fraction of sp³-hybridized carbons (Fsp3) is 0.0833. The SMILES string of the molecule is CC1(C)c2ccccc2N(c2ccc3c(-c4cc5ccccc5c5ccccc45)c4cc(N5c6ccccc6C(C)(C)c6ccccc65)ccc4c(-c4cc5ccccc5c5ccccc45)c3c2)c2ccccc21. The van der Waals surface area contributed by atoms with E-state index in [1.165, 1.54) is 132 Å². The Morgan fingerprint density at radius 2 is 0.541 bits per heavy atom. The molecule has 0 saturated carbocycles. The van der Waals surface area contributed by atoms with Gasteiger partial charge in [-0.3, -0.25) is 0 Å². The molecule has 2 aliphatic heterocycles. The first kappa shape index (κ1) is 42.7. The second kappa shape index (κ2) is 15.8. The predicted octanol–water partition coefficient (Wildman–Crippen LogP) is 20.2. The molecule has 0 bridgehead atoms. The molecule has 13 aromatic rings. The minimum atomic E-state index is -0.181. The van der Waals surface area contributed by atoms with Crippen LogP contribution < -0.4 is 9.80 Å². The Hall–Kier alpha value is -8.98. The van der Waals surface area contributed by atoms with Crippen LogP contribution in [0.3, 0.4) is 0 Å². The molecule has 0 atom stereocenters. The molecule has 74 heavy (non-hydrogen) atoms. The quantitative estimate of drug-likeness (QED) is 0.128. The Morgan fingerprint density at radius 3 is 0.905 bits per heavy atom. The van der Waals surface area contributed by atoms with Crippen molar-refractivity contribution in [2.45, 2.75) is 38.5 Å². The zero-order chi connectivity index (χ0) is 49.5. The number of hydrogen-bond acceptors (Lipinski definition) is 2. The second-order valence-corrected chi connectivity index (χ2v) is 21.6. The van der Waals surface area contributed by atoms with Gasteiger partial charge < -0.3 is 9.80 Å². The highest BCUT2D eigenvalue weighted by Crippen LogP contribution is 2.57. The third-order valence-corrected chi connectivity index (χ3v) is 16.9. The molecule has 0 radical (unpaired) electrons. The van der Waals surface area contributed by atoms with Gasteiger partial charge in [-0.15, -0.1) is 0 Å². The van der Waals surface area contributed by atoms with Crippen LogP contribution in [0, 0.1) is 0 Å². The van der Waals surface area contributed by atoms with Gasteiger partial charge in [0.1, 0.15) is 0 Å². The van der Waals surface area contributed by atoms with E-state index in [2.05, 4.69) is 280 Å². The number of benzene rings is 13. The lowest BCUT2D eigenvalue weighted by Gasteiger charge is -2.42. The van der Waals surface area contributed by atoms with Crippen molar-refractivity contribution in [2.24, 2.45) is 0 Å². The molecule has 0 aliphatic carbocycles. The van der Waals surface area contributed by atoms with Crippen molar-refractivity contribution in [3.63, 3.8) is 0 Å². The predicted molar refractivity (Wildman–Crippen MR) is 316 cm³/mol. The standard InChI is InChI=1S/C72H52N2/c1-71(2)61-29-13-17-33-65(61)73(66-34-18-14-30-62(66)71)47-37-39-55-59(43-47)69(57-41-45-21-5-7-23-49(45)51-25-9-11-27-53(51)57)56-40-38-48(74-67-35-19-15-31-63(67)72(3,4)64-32-16-20-36-68(64)74)44-60(56)70(55)58-42-46-22-6-8-24-50(46)52-26-10-12-28-54(52)58/h5-44H,1-4H3. The Bertz CT molecular complexity index is 4130. The van der Waals surface area contributed by atoms with Gasteiger partial charge in [-0.05, 0) is 170 Å². The molecule has 2 heteroatoms. The van der Waals surface area contributed by atoms with Crippen molar-refractivity contribution in [1.82, 2.24) is 0 Å². The molecule has 0 spiro atoms. The fourth-order valence-corrected chi connectivity index (χ4v) is 13.5. The zero-order valence-corrected chi connectivity index (χ0v) is 42.0. The Morgan fingerprint density at radius 1 is 0.243 bits per heavy atom. The Kier molecular flexibility index (Phi) is 9.09. The monoisotopic (exact) mass is 944 g/mol. The summed E-state index contributed by atoms with van der Waals surface area (Å²) in [7, 11) is 0. The van der Waals surface area contributed by atoms with E-state index < -0.39 is 0 Å². The maximum Gasteiger partial charge on any atom is 0.0502 e. The molecular weight excluding hydrogens is 893 g/mol. The van der Waals surface area contributed by atoms with Gasteiger partial charge in [-0.2, -0.15) is 0 Å². The second-order valence-electron chi connectivity index (χ2n) is 21.6. The third kappa shape index (κ3) is 6.00. The van der Waals surface area contributed by atoms with Crippen LogP contribution in [0.4, 0.5) is 34.1 Å². The highest BCUT2D eigenvalue weighted by molar-refractivity contribution is 6.29. The first-order chi connectivity index (χ1) is 36.3. The molecule has 0 N–H and O–H groups in total.